The second-order valence-corrected chi connectivity index (χ2v) is 2.30. The predicted octanol–water partition coefficient (Wildman–Crippen LogP) is 0.302. The number of hydrogen-bond donors (Lipinski definition) is 2. The summed E-state index contributed by atoms with van der Waals surface area (Å²) in [6.45, 7) is 1.51. The molecule has 1 heterocycles. The number of hydrogen-bond acceptors (Lipinski definition) is 3. The Morgan fingerprint density at radius 2 is 2.67 bits per heavy atom. The van der Waals surface area contributed by atoms with Crippen molar-refractivity contribution in [2.45, 2.75) is 13.0 Å². The van der Waals surface area contributed by atoms with Gasteiger partial charge in [-0.05, 0) is 6.92 Å². The number of nitrogens with one attached hydrogen (secondary N) is 1. The van der Waals surface area contributed by atoms with Crippen molar-refractivity contribution in [1.29, 1.82) is 0 Å². The predicted molar refractivity (Wildman–Crippen MR) is 43.3 cm³/mol. The van der Waals surface area contributed by atoms with Gasteiger partial charge in [0.1, 0.15) is 6.04 Å². The van der Waals surface area contributed by atoms with E-state index in [1.165, 1.54) is 19.5 Å². The maximum atomic E-state index is 10.3. The lowest BCUT2D eigenvalue weighted by Crippen LogP contribution is -2.13. The topological polar surface area (TPSA) is 78.3 Å². The van der Waals surface area contributed by atoms with Crippen LogP contribution >= 0.6 is 0 Å². The molecule has 0 spiro atoms. The van der Waals surface area contributed by atoms with Crippen molar-refractivity contribution in [3.05, 3.63) is 18.2 Å². The third-order valence-corrected chi connectivity index (χ3v) is 1.31. The standard InChI is InChI=1S/C7H9N3O2/c1-5(7(11)12)9-3-6-2-8-4-10-6/h2-5H,1H3,(H,8,10)(H,11,12)/t5-/m0/s1. The van der Waals surface area contributed by atoms with E-state index in [-0.39, 0.29) is 0 Å². The van der Waals surface area contributed by atoms with E-state index in [2.05, 4.69) is 15.0 Å². The molecule has 0 aliphatic heterocycles. The van der Waals surface area contributed by atoms with E-state index in [1.807, 2.05) is 0 Å². The molecule has 5 heteroatoms. The van der Waals surface area contributed by atoms with Gasteiger partial charge in [-0.3, -0.25) is 4.99 Å². The third-order valence-electron chi connectivity index (χ3n) is 1.31. The zero-order valence-electron chi connectivity index (χ0n) is 6.56. The van der Waals surface area contributed by atoms with E-state index < -0.39 is 12.0 Å². The first-order chi connectivity index (χ1) is 5.70. The van der Waals surface area contributed by atoms with E-state index in [4.69, 9.17) is 5.11 Å². The summed E-state index contributed by atoms with van der Waals surface area (Å²) < 4.78 is 0. The molecule has 12 heavy (non-hydrogen) atoms. The highest BCUT2D eigenvalue weighted by atomic mass is 16.4. The van der Waals surface area contributed by atoms with Gasteiger partial charge in [-0.1, -0.05) is 0 Å². The molecule has 0 fully saturated rings. The quantitative estimate of drug-likeness (QED) is 0.635. The largest absolute Gasteiger partial charge is 0.480 e. The Morgan fingerprint density at radius 1 is 1.92 bits per heavy atom. The lowest BCUT2D eigenvalue weighted by atomic mass is 10.4. The van der Waals surface area contributed by atoms with Gasteiger partial charge in [0, 0.05) is 6.21 Å². The summed E-state index contributed by atoms with van der Waals surface area (Å²) in [4.78, 5) is 20.6. The van der Waals surface area contributed by atoms with Crippen LogP contribution in [0.2, 0.25) is 0 Å². The lowest BCUT2D eigenvalue weighted by molar-refractivity contribution is -0.137. The fraction of sp³-hybridized carbons (Fsp3) is 0.286. The number of aromatic nitrogens is 2. The van der Waals surface area contributed by atoms with Crippen LogP contribution < -0.4 is 0 Å². The van der Waals surface area contributed by atoms with Crippen LogP contribution in [0, 0.1) is 0 Å². The Balaban J connectivity index is 2.56. The highest BCUT2D eigenvalue weighted by Crippen LogP contribution is 1.91. The molecule has 0 unspecified atom stereocenters. The van der Waals surface area contributed by atoms with Gasteiger partial charge in [-0.15, -0.1) is 0 Å². The molecule has 5 nitrogen and oxygen atoms in total. The second kappa shape index (κ2) is 3.66. The van der Waals surface area contributed by atoms with Crippen molar-refractivity contribution in [3.8, 4) is 0 Å². The SMILES string of the molecule is C[C@H](N=Cc1cnc[nH]1)C(=O)O. The number of H-pyrrole nitrogens is 1. The lowest BCUT2D eigenvalue weighted by Gasteiger charge is -1.95. The molecule has 2 N–H and O–H groups in total. The molecule has 1 aromatic rings. The summed E-state index contributed by atoms with van der Waals surface area (Å²) in [6, 6.07) is -0.715. The van der Waals surface area contributed by atoms with Crippen LogP contribution in [-0.2, 0) is 4.79 Å². The van der Waals surface area contributed by atoms with Gasteiger partial charge in [0.15, 0.2) is 0 Å². The van der Waals surface area contributed by atoms with Crippen molar-refractivity contribution in [3.63, 3.8) is 0 Å². The van der Waals surface area contributed by atoms with E-state index in [0.717, 1.165) is 0 Å². The zero-order chi connectivity index (χ0) is 8.97. The summed E-state index contributed by atoms with van der Waals surface area (Å²) in [7, 11) is 0. The minimum Gasteiger partial charge on any atom is -0.480 e. The van der Waals surface area contributed by atoms with E-state index >= 15 is 0 Å². The minimum atomic E-state index is -0.939. The summed E-state index contributed by atoms with van der Waals surface area (Å²) in [5.41, 5.74) is 0.697. The first-order valence-corrected chi connectivity index (χ1v) is 3.44. The maximum Gasteiger partial charge on any atom is 0.328 e. The Bertz CT molecular complexity index is 279. The van der Waals surface area contributed by atoms with Crippen LogP contribution in [0.15, 0.2) is 17.5 Å². The van der Waals surface area contributed by atoms with Gasteiger partial charge in [-0.25, -0.2) is 9.78 Å². The Hall–Kier alpha value is -1.65. The third kappa shape index (κ3) is 2.19. The smallest absolute Gasteiger partial charge is 0.328 e. The molecule has 0 saturated heterocycles. The minimum absolute atomic E-state index is 0.697. The molecule has 1 atom stereocenters. The maximum absolute atomic E-state index is 10.3. The van der Waals surface area contributed by atoms with Gasteiger partial charge >= 0.3 is 5.97 Å². The first-order valence-electron chi connectivity index (χ1n) is 3.44. The van der Waals surface area contributed by atoms with Crippen molar-refractivity contribution in [1.82, 2.24) is 9.97 Å². The fourth-order valence-corrected chi connectivity index (χ4v) is 0.593. The number of rotatable bonds is 3. The van der Waals surface area contributed by atoms with Gasteiger partial charge in [0.2, 0.25) is 0 Å². The van der Waals surface area contributed by atoms with Crippen LogP contribution in [0.1, 0.15) is 12.6 Å². The molecule has 0 bridgehead atoms. The number of carbonyl (C=O) groups is 1. The number of aliphatic carboxylic acids is 1. The van der Waals surface area contributed by atoms with Gasteiger partial charge in [0.25, 0.3) is 0 Å². The van der Waals surface area contributed by atoms with Crippen molar-refractivity contribution < 1.29 is 9.90 Å². The summed E-state index contributed by atoms with van der Waals surface area (Å²) >= 11 is 0. The number of aliphatic imine (C=N–C) groups is 1. The Kier molecular flexibility index (Phi) is 2.57. The number of carboxylic acids is 1. The van der Waals surface area contributed by atoms with Crippen LogP contribution in [0.5, 0.6) is 0 Å². The molecular formula is C7H9N3O2. The first kappa shape index (κ1) is 8.45. The van der Waals surface area contributed by atoms with E-state index in [1.54, 1.807) is 6.20 Å². The molecule has 0 aromatic carbocycles. The molecule has 1 aromatic heterocycles. The molecule has 64 valence electrons. The second-order valence-electron chi connectivity index (χ2n) is 2.30. The highest BCUT2D eigenvalue weighted by Gasteiger charge is 2.06. The Morgan fingerprint density at radius 3 is 3.17 bits per heavy atom. The fourth-order valence-electron chi connectivity index (χ4n) is 0.593. The number of nitrogens with zero attached hydrogens (tertiary/aromatic N) is 2. The summed E-state index contributed by atoms with van der Waals surface area (Å²) in [5.74, 6) is -0.939. The van der Waals surface area contributed by atoms with Crippen molar-refractivity contribution >= 4 is 12.2 Å². The van der Waals surface area contributed by atoms with Crippen LogP contribution in [0.4, 0.5) is 0 Å². The zero-order valence-corrected chi connectivity index (χ0v) is 6.56. The molecular weight excluding hydrogens is 158 g/mol. The normalized spacial score (nSPS) is 13.4. The van der Waals surface area contributed by atoms with Crippen LogP contribution in [-0.4, -0.2) is 33.3 Å². The summed E-state index contributed by atoms with van der Waals surface area (Å²) in [5, 5.41) is 8.47. The van der Waals surface area contributed by atoms with Gasteiger partial charge < -0.3 is 10.1 Å². The highest BCUT2D eigenvalue weighted by molar-refractivity contribution is 5.81. The molecule has 0 aliphatic carbocycles. The van der Waals surface area contributed by atoms with Crippen molar-refractivity contribution in [2.75, 3.05) is 0 Å². The van der Waals surface area contributed by atoms with E-state index in [9.17, 15) is 4.79 Å². The Labute approximate surface area is 69.2 Å². The van der Waals surface area contributed by atoms with E-state index in [0.29, 0.717) is 5.69 Å². The molecule has 0 aliphatic rings. The molecule has 0 radical (unpaired) electrons. The van der Waals surface area contributed by atoms with Gasteiger partial charge in [-0.2, -0.15) is 0 Å². The monoisotopic (exact) mass is 167 g/mol. The van der Waals surface area contributed by atoms with Gasteiger partial charge in [0.05, 0.1) is 18.2 Å². The van der Waals surface area contributed by atoms with Crippen molar-refractivity contribution in [2.24, 2.45) is 4.99 Å². The number of imidazole rings is 1. The van der Waals surface area contributed by atoms with Crippen LogP contribution in [0.3, 0.4) is 0 Å². The average Bonchev–Trinajstić information content (AvgIpc) is 2.51. The molecule has 0 saturated carbocycles. The molecule has 1 rings (SSSR count). The summed E-state index contributed by atoms with van der Waals surface area (Å²) in [6.07, 6.45) is 4.52. The number of aromatic amines is 1. The molecule has 0 amide bonds. The average molecular weight is 167 g/mol. The number of carboxylic acid groups (broad SMARTS) is 1. The van der Waals surface area contributed by atoms with Crippen LogP contribution in [0.25, 0.3) is 0 Å².